The Morgan fingerprint density at radius 2 is 2.35 bits per heavy atom. The van der Waals surface area contributed by atoms with E-state index in [2.05, 4.69) is 5.32 Å². The predicted molar refractivity (Wildman–Crippen MR) is 79.9 cm³/mol. The van der Waals surface area contributed by atoms with Crippen LogP contribution in [-0.4, -0.2) is 36.9 Å². The maximum absolute atomic E-state index is 12.2. The number of carbonyl (C=O) groups excluding carboxylic acids is 1. The largest absolute Gasteiger partial charge is 0.389 e. The maximum Gasteiger partial charge on any atom is 0.231 e. The Morgan fingerprint density at radius 1 is 1.60 bits per heavy atom. The summed E-state index contributed by atoms with van der Waals surface area (Å²) in [4.78, 5) is 13.2. The van der Waals surface area contributed by atoms with E-state index in [1.807, 2.05) is 31.4 Å². The average Bonchev–Trinajstić information content (AvgIpc) is 3.06. The molecule has 0 aliphatic heterocycles. The molecule has 1 aliphatic rings. The number of carbonyl (C=O) groups is 1. The van der Waals surface area contributed by atoms with Crippen molar-refractivity contribution < 1.29 is 14.6 Å². The number of hydrogen-bond acceptors (Lipinski definition) is 4. The molecule has 0 aromatic carbocycles. The zero-order valence-corrected chi connectivity index (χ0v) is 12.9. The quantitative estimate of drug-likeness (QED) is 0.771. The summed E-state index contributed by atoms with van der Waals surface area (Å²) in [5.74, 6) is 0.621. The monoisotopic (exact) mass is 297 g/mol. The lowest BCUT2D eigenvalue weighted by atomic mass is 9.90. The third kappa shape index (κ3) is 4.30. The normalized spacial score (nSPS) is 16.9. The third-order valence-electron chi connectivity index (χ3n) is 3.56. The Hall–Kier alpha value is -0.910. The summed E-state index contributed by atoms with van der Waals surface area (Å²) in [6, 6.07) is 3.90. The van der Waals surface area contributed by atoms with Gasteiger partial charge >= 0.3 is 0 Å². The van der Waals surface area contributed by atoms with Crippen LogP contribution in [0.5, 0.6) is 0 Å². The maximum atomic E-state index is 12.2. The smallest absolute Gasteiger partial charge is 0.231 e. The van der Waals surface area contributed by atoms with Crippen LogP contribution in [0.25, 0.3) is 0 Å². The van der Waals surface area contributed by atoms with Crippen molar-refractivity contribution in [1.82, 2.24) is 5.32 Å². The van der Waals surface area contributed by atoms with Crippen LogP contribution in [0.3, 0.4) is 0 Å². The molecule has 20 heavy (non-hydrogen) atoms. The molecule has 5 heteroatoms. The number of thiophene rings is 1. The number of amides is 1. The van der Waals surface area contributed by atoms with Crippen molar-refractivity contribution in [3.63, 3.8) is 0 Å². The number of nitrogens with one attached hydrogen (secondary N) is 1. The van der Waals surface area contributed by atoms with Gasteiger partial charge in [0.15, 0.2) is 0 Å². The lowest BCUT2D eigenvalue weighted by Gasteiger charge is -2.23. The minimum atomic E-state index is -0.642. The topological polar surface area (TPSA) is 58.6 Å². The number of rotatable bonds is 8. The van der Waals surface area contributed by atoms with E-state index < -0.39 is 11.5 Å². The van der Waals surface area contributed by atoms with E-state index in [9.17, 15) is 9.90 Å². The van der Waals surface area contributed by atoms with E-state index in [-0.39, 0.29) is 19.1 Å². The van der Waals surface area contributed by atoms with E-state index in [0.717, 1.165) is 11.5 Å². The van der Waals surface area contributed by atoms with Gasteiger partial charge in [0.05, 0.1) is 18.1 Å². The molecule has 1 aliphatic carbocycles. The van der Waals surface area contributed by atoms with Gasteiger partial charge in [0.25, 0.3) is 0 Å². The Labute approximate surface area is 124 Å². The van der Waals surface area contributed by atoms with Crippen molar-refractivity contribution in [2.24, 2.45) is 5.92 Å². The van der Waals surface area contributed by atoms with Crippen LogP contribution in [0.4, 0.5) is 0 Å². The van der Waals surface area contributed by atoms with Crippen LogP contribution in [0.1, 0.15) is 31.6 Å². The Bertz CT molecular complexity index is 426. The molecule has 1 amide bonds. The summed E-state index contributed by atoms with van der Waals surface area (Å²) in [5, 5.41) is 14.6. The molecule has 0 bridgehead atoms. The van der Waals surface area contributed by atoms with E-state index in [1.165, 1.54) is 12.8 Å². The summed E-state index contributed by atoms with van der Waals surface area (Å²) in [7, 11) is 0. The molecule has 0 unspecified atom stereocenters. The molecule has 1 atom stereocenters. The first kappa shape index (κ1) is 15.5. The highest BCUT2D eigenvalue weighted by Crippen LogP contribution is 2.29. The summed E-state index contributed by atoms with van der Waals surface area (Å²) in [6.45, 7) is 5.04. The van der Waals surface area contributed by atoms with Gasteiger partial charge in [-0.3, -0.25) is 4.79 Å². The molecular formula is C15H23NO3S. The second kappa shape index (κ2) is 6.70. The van der Waals surface area contributed by atoms with Crippen molar-refractivity contribution in [3.8, 4) is 0 Å². The molecule has 2 rings (SSSR count). The molecule has 0 spiro atoms. The fourth-order valence-electron chi connectivity index (χ4n) is 1.89. The molecule has 1 saturated carbocycles. The second-order valence-electron chi connectivity index (χ2n) is 5.95. The summed E-state index contributed by atoms with van der Waals surface area (Å²) < 4.78 is 5.41. The number of hydrogen-bond donors (Lipinski definition) is 2. The first-order chi connectivity index (χ1) is 9.50. The van der Waals surface area contributed by atoms with Gasteiger partial charge in [-0.25, -0.2) is 0 Å². The van der Waals surface area contributed by atoms with Gasteiger partial charge in [-0.05, 0) is 44.1 Å². The van der Waals surface area contributed by atoms with Gasteiger partial charge in [0.2, 0.25) is 5.91 Å². The first-order valence-corrected chi connectivity index (χ1v) is 7.96. The van der Waals surface area contributed by atoms with Gasteiger partial charge in [0.1, 0.15) is 0 Å². The number of aliphatic hydroxyl groups excluding tert-OH is 1. The van der Waals surface area contributed by atoms with Crippen LogP contribution in [0.15, 0.2) is 17.5 Å². The number of ether oxygens (including phenoxy) is 1. The molecule has 0 saturated heterocycles. The molecule has 112 valence electrons. The summed E-state index contributed by atoms with van der Waals surface area (Å²) in [5.41, 5.74) is -0.567. The van der Waals surface area contributed by atoms with Gasteiger partial charge in [-0.1, -0.05) is 6.07 Å². The van der Waals surface area contributed by atoms with E-state index in [1.54, 1.807) is 11.3 Å². The van der Waals surface area contributed by atoms with Crippen LogP contribution in [0.2, 0.25) is 0 Å². The van der Waals surface area contributed by atoms with Gasteiger partial charge in [-0.2, -0.15) is 0 Å². The lowest BCUT2D eigenvalue weighted by molar-refractivity contribution is -0.126. The minimum Gasteiger partial charge on any atom is -0.389 e. The van der Waals surface area contributed by atoms with Crippen LogP contribution >= 0.6 is 11.3 Å². The fraction of sp³-hybridized carbons (Fsp3) is 0.667. The highest BCUT2D eigenvalue weighted by atomic mass is 32.1. The summed E-state index contributed by atoms with van der Waals surface area (Å²) in [6.07, 6.45) is 1.83. The summed E-state index contributed by atoms with van der Waals surface area (Å²) >= 11 is 1.57. The molecule has 2 N–H and O–H groups in total. The van der Waals surface area contributed by atoms with Crippen molar-refractivity contribution in [3.05, 3.63) is 22.4 Å². The molecule has 1 aromatic heterocycles. The first-order valence-electron chi connectivity index (χ1n) is 7.08. The third-order valence-corrected chi connectivity index (χ3v) is 4.76. The molecule has 1 aromatic rings. The van der Waals surface area contributed by atoms with Gasteiger partial charge in [0, 0.05) is 18.0 Å². The van der Waals surface area contributed by atoms with Crippen LogP contribution in [-0.2, 0) is 14.9 Å². The highest BCUT2D eigenvalue weighted by Gasteiger charge is 2.30. The zero-order chi connectivity index (χ0) is 14.6. The Morgan fingerprint density at radius 3 is 2.95 bits per heavy atom. The molecule has 0 radical (unpaired) electrons. The van der Waals surface area contributed by atoms with Gasteiger partial charge < -0.3 is 15.2 Å². The Kier molecular flexibility index (Phi) is 5.18. The van der Waals surface area contributed by atoms with Crippen molar-refractivity contribution in [2.45, 2.75) is 38.2 Å². The minimum absolute atomic E-state index is 0.0683. The standard InChI is InChI=1S/C15H23NO3S/c1-15(2,13-4-3-7-20-13)14(18)16-8-12(17)10-19-9-11-5-6-11/h3-4,7,11-12,17H,5-6,8-10H2,1-2H3,(H,16,18)/t12-/m0/s1. The zero-order valence-electron chi connectivity index (χ0n) is 12.1. The highest BCUT2D eigenvalue weighted by molar-refractivity contribution is 7.10. The molecular weight excluding hydrogens is 274 g/mol. The fourth-order valence-corrected chi connectivity index (χ4v) is 2.74. The van der Waals surface area contributed by atoms with E-state index in [4.69, 9.17) is 4.74 Å². The SMILES string of the molecule is CC(C)(C(=O)NC[C@H](O)COCC1CC1)c1cccs1. The molecule has 4 nitrogen and oxygen atoms in total. The van der Waals surface area contributed by atoms with Crippen LogP contribution in [0, 0.1) is 5.92 Å². The van der Waals surface area contributed by atoms with E-state index >= 15 is 0 Å². The Balaban J connectivity index is 1.70. The van der Waals surface area contributed by atoms with Crippen molar-refractivity contribution in [1.29, 1.82) is 0 Å². The van der Waals surface area contributed by atoms with E-state index in [0.29, 0.717) is 5.92 Å². The van der Waals surface area contributed by atoms with Gasteiger partial charge in [-0.15, -0.1) is 11.3 Å². The predicted octanol–water partition coefficient (Wildman–Crippen LogP) is 1.93. The average molecular weight is 297 g/mol. The molecule has 1 heterocycles. The van der Waals surface area contributed by atoms with Crippen molar-refractivity contribution >= 4 is 17.2 Å². The number of aliphatic hydroxyl groups is 1. The molecule has 1 fully saturated rings. The second-order valence-corrected chi connectivity index (χ2v) is 6.89. The van der Waals surface area contributed by atoms with Crippen molar-refractivity contribution in [2.75, 3.05) is 19.8 Å². The lowest BCUT2D eigenvalue weighted by Crippen LogP contribution is -2.43. The van der Waals surface area contributed by atoms with Crippen LogP contribution < -0.4 is 5.32 Å².